The zero-order chi connectivity index (χ0) is 15.6. The Bertz CT molecular complexity index is 459. The van der Waals surface area contributed by atoms with Gasteiger partial charge in [-0.2, -0.15) is 0 Å². The molecule has 0 saturated heterocycles. The third kappa shape index (κ3) is 3.34. The number of methoxy groups -OCH3 is 2. The van der Waals surface area contributed by atoms with Gasteiger partial charge in [-0.1, -0.05) is 27.2 Å². The molecule has 0 heterocycles. The molecule has 0 aliphatic heterocycles. The first-order chi connectivity index (χ1) is 9.88. The minimum atomic E-state index is -0.235. The van der Waals surface area contributed by atoms with Crippen LogP contribution in [0.3, 0.4) is 0 Å². The molecule has 3 unspecified atom stereocenters. The molecular weight excluding hydrogens is 264 g/mol. The second-order valence-electron chi connectivity index (χ2n) is 6.92. The highest BCUT2D eigenvalue weighted by molar-refractivity contribution is 5.42. The second-order valence-corrected chi connectivity index (χ2v) is 6.92. The summed E-state index contributed by atoms with van der Waals surface area (Å²) in [5, 5.41) is 10.5. The molecule has 1 aromatic rings. The summed E-state index contributed by atoms with van der Waals surface area (Å²) in [4.78, 5) is 0. The number of hydrogen-bond acceptors (Lipinski definition) is 3. The van der Waals surface area contributed by atoms with Crippen molar-refractivity contribution in [3.05, 3.63) is 23.8 Å². The summed E-state index contributed by atoms with van der Waals surface area (Å²) in [5.41, 5.74) is 1.05. The first-order valence-corrected chi connectivity index (χ1v) is 7.80. The molecule has 0 aromatic heterocycles. The Morgan fingerprint density at radius 1 is 1.05 bits per heavy atom. The molecule has 1 aliphatic rings. The van der Waals surface area contributed by atoms with Gasteiger partial charge in [0.05, 0.1) is 20.3 Å². The summed E-state index contributed by atoms with van der Waals surface area (Å²) in [6, 6.07) is 6.01. The average Bonchev–Trinajstić information content (AvgIpc) is 2.46. The van der Waals surface area contributed by atoms with Crippen molar-refractivity contribution in [2.24, 2.45) is 11.8 Å². The number of aliphatic hydroxyl groups is 1. The normalized spacial score (nSPS) is 26.5. The lowest BCUT2D eigenvalue weighted by atomic mass is 9.64. The van der Waals surface area contributed by atoms with Crippen LogP contribution in [0.2, 0.25) is 0 Å². The first-order valence-electron chi connectivity index (χ1n) is 7.80. The number of hydrogen-bond donors (Lipinski definition) is 1. The van der Waals surface area contributed by atoms with Gasteiger partial charge in [-0.3, -0.25) is 0 Å². The van der Waals surface area contributed by atoms with Crippen molar-refractivity contribution < 1.29 is 14.6 Å². The summed E-state index contributed by atoms with van der Waals surface area (Å²) < 4.78 is 10.8. The van der Waals surface area contributed by atoms with Gasteiger partial charge in [-0.25, -0.2) is 0 Å². The summed E-state index contributed by atoms with van der Waals surface area (Å²) in [6.45, 7) is 6.65. The highest BCUT2D eigenvalue weighted by atomic mass is 16.5. The van der Waals surface area contributed by atoms with E-state index >= 15 is 0 Å². The van der Waals surface area contributed by atoms with E-state index in [1.165, 1.54) is 6.42 Å². The molecule has 3 atom stereocenters. The molecule has 1 saturated carbocycles. The highest BCUT2D eigenvalue weighted by Crippen LogP contribution is 2.44. The Hall–Kier alpha value is -1.22. The Balaban J connectivity index is 2.34. The van der Waals surface area contributed by atoms with Gasteiger partial charge in [0.25, 0.3) is 0 Å². The van der Waals surface area contributed by atoms with Crippen molar-refractivity contribution >= 4 is 0 Å². The second kappa shape index (κ2) is 6.27. The van der Waals surface area contributed by atoms with Crippen LogP contribution in [0.25, 0.3) is 0 Å². The fraction of sp³-hybridized carbons (Fsp3) is 0.667. The van der Waals surface area contributed by atoms with E-state index in [4.69, 9.17) is 9.47 Å². The molecule has 1 N–H and O–H groups in total. The summed E-state index contributed by atoms with van der Waals surface area (Å²) in [5.74, 6) is 2.49. The maximum atomic E-state index is 10.5. The molecule has 0 radical (unpaired) electrons. The fourth-order valence-corrected chi connectivity index (χ4v) is 3.59. The highest BCUT2D eigenvalue weighted by Gasteiger charge is 2.39. The third-order valence-corrected chi connectivity index (χ3v) is 5.10. The van der Waals surface area contributed by atoms with E-state index in [0.29, 0.717) is 5.92 Å². The van der Waals surface area contributed by atoms with Crippen LogP contribution in [0.4, 0.5) is 0 Å². The quantitative estimate of drug-likeness (QED) is 0.918. The Kier molecular flexibility index (Phi) is 4.82. The molecule has 0 spiro atoms. The van der Waals surface area contributed by atoms with Gasteiger partial charge in [-0.15, -0.1) is 0 Å². The third-order valence-electron chi connectivity index (χ3n) is 5.10. The largest absolute Gasteiger partial charge is 0.497 e. The molecule has 1 aromatic carbocycles. The summed E-state index contributed by atoms with van der Waals surface area (Å²) in [7, 11) is 3.34. The molecule has 118 valence electrons. The smallest absolute Gasteiger partial charge is 0.122 e. The van der Waals surface area contributed by atoms with Crippen molar-refractivity contribution in [3.8, 4) is 11.5 Å². The van der Waals surface area contributed by atoms with Gasteiger partial charge < -0.3 is 14.6 Å². The number of ether oxygens (including phenoxy) is 2. The van der Waals surface area contributed by atoms with Crippen LogP contribution in [0, 0.1) is 11.8 Å². The fourth-order valence-electron chi connectivity index (χ4n) is 3.59. The maximum absolute atomic E-state index is 10.5. The van der Waals surface area contributed by atoms with E-state index in [1.54, 1.807) is 14.2 Å². The monoisotopic (exact) mass is 292 g/mol. The Labute approximate surface area is 128 Å². The average molecular weight is 292 g/mol. The lowest BCUT2D eigenvalue weighted by Gasteiger charge is -2.42. The minimum Gasteiger partial charge on any atom is -0.497 e. The molecule has 0 bridgehead atoms. The van der Waals surface area contributed by atoms with Crippen LogP contribution >= 0.6 is 0 Å². The van der Waals surface area contributed by atoms with Crippen LogP contribution in [-0.2, 0) is 5.41 Å². The van der Waals surface area contributed by atoms with Gasteiger partial charge in [0.2, 0.25) is 0 Å². The van der Waals surface area contributed by atoms with Crippen LogP contribution < -0.4 is 9.47 Å². The van der Waals surface area contributed by atoms with E-state index in [9.17, 15) is 5.11 Å². The number of rotatable bonds is 4. The van der Waals surface area contributed by atoms with Gasteiger partial charge in [0.1, 0.15) is 11.5 Å². The van der Waals surface area contributed by atoms with Crippen molar-refractivity contribution in [1.82, 2.24) is 0 Å². The SMILES string of the molecule is COc1cc(OC)cc(C(C)(C)C2CCC(C)CC2O)c1. The minimum absolute atomic E-state index is 0.110. The molecular formula is C18H28O3. The van der Waals surface area contributed by atoms with E-state index < -0.39 is 0 Å². The predicted octanol–water partition coefficient (Wildman–Crippen LogP) is 3.78. The zero-order valence-corrected chi connectivity index (χ0v) is 13.8. The first kappa shape index (κ1) is 16.2. The molecule has 3 heteroatoms. The number of aliphatic hydroxyl groups excluding tert-OH is 1. The van der Waals surface area contributed by atoms with E-state index in [-0.39, 0.29) is 17.4 Å². The molecule has 0 amide bonds. The van der Waals surface area contributed by atoms with Crippen molar-refractivity contribution in [2.75, 3.05) is 14.2 Å². The molecule has 3 nitrogen and oxygen atoms in total. The van der Waals surface area contributed by atoms with Gasteiger partial charge in [-0.05, 0) is 47.8 Å². The summed E-state index contributed by atoms with van der Waals surface area (Å²) in [6.07, 6.45) is 2.91. The predicted molar refractivity (Wildman–Crippen MR) is 85.1 cm³/mol. The molecule has 2 rings (SSSR count). The topological polar surface area (TPSA) is 38.7 Å². The van der Waals surface area contributed by atoms with Crippen LogP contribution in [-0.4, -0.2) is 25.4 Å². The van der Waals surface area contributed by atoms with E-state index in [0.717, 1.165) is 29.9 Å². The molecule has 1 fully saturated rings. The Morgan fingerprint density at radius 2 is 1.62 bits per heavy atom. The number of benzene rings is 1. The molecule has 21 heavy (non-hydrogen) atoms. The maximum Gasteiger partial charge on any atom is 0.122 e. The van der Waals surface area contributed by atoms with Gasteiger partial charge in [0.15, 0.2) is 0 Å². The van der Waals surface area contributed by atoms with Crippen LogP contribution in [0.1, 0.15) is 45.6 Å². The van der Waals surface area contributed by atoms with Crippen molar-refractivity contribution in [1.29, 1.82) is 0 Å². The van der Waals surface area contributed by atoms with E-state index in [2.05, 4.69) is 32.9 Å². The summed E-state index contributed by atoms with van der Waals surface area (Å²) >= 11 is 0. The van der Waals surface area contributed by atoms with Gasteiger partial charge in [0, 0.05) is 6.07 Å². The standard InChI is InChI=1S/C18H28O3/c1-12-6-7-16(17(19)8-12)18(2,3)13-9-14(20-4)11-15(10-13)21-5/h9-12,16-17,19H,6-8H2,1-5H3. The van der Waals surface area contributed by atoms with E-state index in [1.807, 2.05) is 6.07 Å². The Morgan fingerprint density at radius 3 is 2.10 bits per heavy atom. The van der Waals surface area contributed by atoms with Gasteiger partial charge >= 0.3 is 0 Å². The molecule has 1 aliphatic carbocycles. The lowest BCUT2D eigenvalue weighted by molar-refractivity contribution is 0.0142. The van der Waals surface area contributed by atoms with Crippen LogP contribution in [0.5, 0.6) is 11.5 Å². The zero-order valence-electron chi connectivity index (χ0n) is 13.8. The van der Waals surface area contributed by atoms with Crippen LogP contribution in [0.15, 0.2) is 18.2 Å². The van der Waals surface area contributed by atoms with Crippen molar-refractivity contribution in [2.45, 2.75) is 51.6 Å². The van der Waals surface area contributed by atoms with Crippen molar-refractivity contribution in [3.63, 3.8) is 0 Å². The lowest BCUT2D eigenvalue weighted by Crippen LogP contribution is -2.41.